The van der Waals surface area contributed by atoms with Gasteiger partial charge in [-0.05, 0) is 34.0 Å². The third kappa shape index (κ3) is 4.36. The number of nitrogens with two attached hydrogens (primary N) is 1. The second-order valence-corrected chi connectivity index (χ2v) is 8.85. The topological polar surface area (TPSA) is 50.9 Å². The summed E-state index contributed by atoms with van der Waals surface area (Å²) in [6.45, 7) is 4.62. The van der Waals surface area contributed by atoms with Gasteiger partial charge in [0.1, 0.15) is 0 Å². The number of nitrogens with zero attached hydrogens (tertiary/aromatic N) is 1. The van der Waals surface area contributed by atoms with Crippen LogP contribution in [0.25, 0.3) is 0 Å². The summed E-state index contributed by atoms with van der Waals surface area (Å²) in [4.78, 5) is 4.22. The molecule has 1 aliphatic heterocycles. The third-order valence-electron chi connectivity index (χ3n) is 3.45. The van der Waals surface area contributed by atoms with E-state index < -0.39 is 0 Å². The Morgan fingerprint density at radius 2 is 2.26 bits per heavy atom. The first-order chi connectivity index (χ1) is 9.10. The van der Waals surface area contributed by atoms with Crippen molar-refractivity contribution in [2.24, 2.45) is 5.84 Å². The van der Waals surface area contributed by atoms with Gasteiger partial charge in [0.05, 0.1) is 0 Å². The standard InChI is InChI=1S/C13H20BrN3S2/c1-8-9(2)19-13(7-18-8)12(17-15)4-10-3-11(14)6-16-5-10/h3,5-6,8-9,12-13,17H,4,7,15H2,1-2H3. The molecule has 1 aliphatic rings. The van der Waals surface area contributed by atoms with Gasteiger partial charge in [0.15, 0.2) is 0 Å². The highest BCUT2D eigenvalue weighted by Gasteiger charge is 2.30. The summed E-state index contributed by atoms with van der Waals surface area (Å²) in [5.74, 6) is 6.92. The highest BCUT2D eigenvalue weighted by molar-refractivity contribution is 9.10. The molecule has 19 heavy (non-hydrogen) atoms. The van der Waals surface area contributed by atoms with E-state index in [1.165, 1.54) is 5.56 Å². The van der Waals surface area contributed by atoms with Crippen molar-refractivity contribution >= 4 is 39.5 Å². The summed E-state index contributed by atoms with van der Waals surface area (Å²) in [6.07, 6.45) is 4.65. The second kappa shape index (κ2) is 7.31. The molecule has 0 saturated carbocycles. The fourth-order valence-electron chi connectivity index (χ4n) is 2.14. The van der Waals surface area contributed by atoms with Crippen molar-refractivity contribution in [2.45, 2.75) is 42.1 Å². The summed E-state index contributed by atoms with van der Waals surface area (Å²) >= 11 is 7.57. The van der Waals surface area contributed by atoms with Crippen LogP contribution in [0.3, 0.4) is 0 Å². The van der Waals surface area contributed by atoms with Gasteiger partial charge in [-0.3, -0.25) is 16.3 Å². The molecule has 1 saturated heterocycles. The molecule has 6 heteroatoms. The van der Waals surface area contributed by atoms with Crippen molar-refractivity contribution < 1.29 is 0 Å². The molecule has 2 heterocycles. The number of hydrogen-bond donors (Lipinski definition) is 2. The number of hydrazine groups is 1. The molecule has 0 aliphatic carbocycles. The summed E-state index contributed by atoms with van der Waals surface area (Å²) in [7, 11) is 0. The number of pyridine rings is 1. The number of rotatable bonds is 4. The van der Waals surface area contributed by atoms with E-state index in [0.717, 1.165) is 21.9 Å². The maximum Gasteiger partial charge on any atom is 0.0410 e. The third-order valence-corrected chi connectivity index (χ3v) is 7.44. The Labute approximate surface area is 132 Å². The van der Waals surface area contributed by atoms with Gasteiger partial charge in [0, 0.05) is 44.4 Å². The van der Waals surface area contributed by atoms with Crippen LogP contribution in [0, 0.1) is 0 Å². The lowest BCUT2D eigenvalue weighted by Gasteiger charge is -2.35. The van der Waals surface area contributed by atoms with Gasteiger partial charge in [0.2, 0.25) is 0 Å². The minimum atomic E-state index is 0.295. The smallest absolute Gasteiger partial charge is 0.0410 e. The summed E-state index contributed by atoms with van der Waals surface area (Å²) < 4.78 is 1.02. The molecule has 1 fully saturated rings. The average molecular weight is 362 g/mol. The lowest BCUT2D eigenvalue weighted by Crippen LogP contribution is -2.47. The molecule has 0 spiro atoms. The number of aromatic nitrogens is 1. The molecular weight excluding hydrogens is 342 g/mol. The highest BCUT2D eigenvalue weighted by atomic mass is 79.9. The van der Waals surface area contributed by atoms with Crippen molar-refractivity contribution in [3.63, 3.8) is 0 Å². The molecule has 1 aromatic heterocycles. The summed E-state index contributed by atoms with van der Waals surface area (Å²) in [5.41, 5.74) is 4.21. The molecule has 0 amide bonds. The first-order valence-corrected chi connectivity index (χ1v) is 9.21. The van der Waals surface area contributed by atoms with Crippen LogP contribution >= 0.6 is 39.5 Å². The van der Waals surface area contributed by atoms with Crippen LogP contribution in [-0.4, -0.2) is 32.5 Å². The Morgan fingerprint density at radius 1 is 1.47 bits per heavy atom. The maximum absolute atomic E-state index is 5.76. The number of thioether (sulfide) groups is 2. The Bertz CT molecular complexity index is 419. The van der Waals surface area contributed by atoms with E-state index in [1.54, 1.807) is 0 Å². The second-order valence-electron chi connectivity index (χ2n) is 4.91. The fourth-order valence-corrected chi connectivity index (χ4v) is 5.66. The van der Waals surface area contributed by atoms with Crippen molar-refractivity contribution in [2.75, 3.05) is 5.75 Å². The average Bonchev–Trinajstić information content (AvgIpc) is 2.39. The van der Waals surface area contributed by atoms with Crippen molar-refractivity contribution in [1.82, 2.24) is 10.4 Å². The number of hydrogen-bond acceptors (Lipinski definition) is 5. The van der Waals surface area contributed by atoms with Crippen molar-refractivity contribution in [1.29, 1.82) is 0 Å². The van der Waals surface area contributed by atoms with E-state index in [9.17, 15) is 0 Å². The van der Waals surface area contributed by atoms with Gasteiger partial charge in [-0.1, -0.05) is 13.8 Å². The molecule has 0 radical (unpaired) electrons. The normalized spacial score (nSPS) is 29.2. The molecular formula is C13H20BrN3S2. The summed E-state index contributed by atoms with van der Waals surface area (Å²) in [5, 5.41) is 1.97. The predicted molar refractivity (Wildman–Crippen MR) is 89.5 cm³/mol. The van der Waals surface area contributed by atoms with Crippen LogP contribution in [0.4, 0.5) is 0 Å². The molecule has 4 atom stereocenters. The molecule has 3 nitrogen and oxygen atoms in total. The van der Waals surface area contributed by atoms with Crippen LogP contribution in [0.5, 0.6) is 0 Å². The molecule has 2 rings (SSSR count). The number of nitrogens with one attached hydrogen (secondary N) is 1. The van der Waals surface area contributed by atoms with Crippen LogP contribution in [-0.2, 0) is 6.42 Å². The van der Waals surface area contributed by atoms with Gasteiger partial charge in [-0.15, -0.1) is 0 Å². The molecule has 4 unspecified atom stereocenters. The van der Waals surface area contributed by atoms with Crippen LogP contribution in [0.2, 0.25) is 0 Å². The maximum atomic E-state index is 5.76. The van der Waals surface area contributed by atoms with Crippen molar-refractivity contribution in [3.05, 3.63) is 28.5 Å². The minimum Gasteiger partial charge on any atom is -0.271 e. The highest BCUT2D eigenvalue weighted by Crippen LogP contribution is 2.37. The van der Waals surface area contributed by atoms with Gasteiger partial charge in [-0.2, -0.15) is 23.5 Å². The van der Waals surface area contributed by atoms with Gasteiger partial charge < -0.3 is 0 Å². The largest absolute Gasteiger partial charge is 0.271 e. The van der Waals surface area contributed by atoms with Crippen molar-refractivity contribution in [3.8, 4) is 0 Å². The molecule has 3 N–H and O–H groups in total. The van der Waals surface area contributed by atoms with Gasteiger partial charge >= 0.3 is 0 Å². The fraction of sp³-hybridized carbons (Fsp3) is 0.615. The van der Waals surface area contributed by atoms with Gasteiger partial charge in [0.25, 0.3) is 0 Å². The van der Waals surface area contributed by atoms with E-state index >= 15 is 0 Å². The quantitative estimate of drug-likeness (QED) is 0.637. The molecule has 0 aromatic carbocycles. The number of halogens is 1. The monoisotopic (exact) mass is 361 g/mol. The first kappa shape index (κ1) is 15.6. The Kier molecular flexibility index (Phi) is 6.02. The zero-order chi connectivity index (χ0) is 13.8. The SMILES string of the molecule is CC1SCC(C(Cc2cncc(Br)c2)NN)SC1C. The first-order valence-electron chi connectivity index (χ1n) is 6.42. The van der Waals surface area contributed by atoms with E-state index in [-0.39, 0.29) is 0 Å². The van der Waals surface area contributed by atoms with Crippen LogP contribution < -0.4 is 11.3 Å². The van der Waals surface area contributed by atoms with Crippen LogP contribution in [0.15, 0.2) is 22.9 Å². The van der Waals surface area contributed by atoms with E-state index in [1.807, 2.05) is 12.4 Å². The van der Waals surface area contributed by atoms with Crippen LogP contribution in [0.1, 0.15) is 19.4 Å². The summed E-state index contributed by atoms with van der Waals surface area (Å²) in [6, 6.07) is 2.41. The zero-order valence-electron chi connectivity index (χ0n) is 11.2. The van der Waals surface area contributed by atoms with E-state index in [0.29, 0.717) is 16.5 Å². The zero-order valence-corrected chi connectivity index (χ0v) is 14.4. The van der Waals surface area contributed by atoms with Gasteiger partial charge in [-0.25, -0.2) is 0 Å². The molecule has 106 valence electrons. The predicted octanol–water partition coefficient (Wildman–Crippen LogP) is 2.84. The minimum absolute atomic E-state index is 0.295. The van der Waals surface area contributed by atoms with E-state index in [2.05, 4.69) is 69.8 Å². The molecule has 0 bridgehead atoms. The Balaban J connectivity index is 2.00. The lowest BCUT2D eigenvalue weighted by molar-refractivity contribution is 0.520. The van der Waals surface area contributed by atoms with E-state index in [4.69, 9.17) is 5.84 Å². The Morgan fingerprint density at radius 3 is 2.89 bits per heavy atom. The molecule has 1 aromatic rings. The Hall–Kier alpha value is 0.250. The lowest BCUT2D eigenvalue weighted by atomic mass is 10.1.